The van der Waals surface area contributed by atoms with Gasteiger partial charge in [-0.2, -0.15) is 5.48 Å². The molecule has 0 aromatic heterocycles. The Kier molecular flexibility index (Phi) is 9.49. The van der Waals surface area contributed by atoms with Gasteiger partial charge in [-0.3, -0.25) is 4.79 Å². The number of nitrogens with zero attached hydrogens (tertiary/aromatic N) is 1. The predicted molar refractivity (Wildman–Crippen MR) is 142 cm³/mol. The molecule has 190 valence electrons. The number of carbonyl (C=O) groups excluding carboxylic acids is 1. The van der Waals surface area contributed by atoms with Gasteiger partial charge in [0.2, 0.25) is 0 Å². The Morgan fingerprint density at radius 1 is 1.11 bits per heavy atom. The van der Waals surface area contributed by atoms with E-state index in [1.807, 2.05) is 37.3 Å². The van der Waals surface area contributed by atoms with Gasteiger partial charge < -0.3 is 20.2 Å². The summed E-state index contributed by atoms with van der Waals surface area (Å²) < 4.78 is 0. The molecule has 1 aliphatic heterocycles. The molecule has 1 saturated heterocycles. The lowest BCUT2D eigenvalue weighted by molar-refractivity contribution is 0.0344. The third-order valence-corrected chi connectivity index (χ3v) is 8.65. The van der Waals surface area contributed by atoms with Crippen LogP contribution in [0.1, 0.15) is 48.0 Å². The van der Waals surface area contributed by atoms with E-state index in [1.165, 1.54) is 32.1 Å². The first kappa shape index (κ1) is 26.0. The average Bonchev–Trinajstić information content (AvgIpc) is 2.88. The standard InChI is InChI=1S/C28H39N3O3S/c1-20-24(13-8-14-27(20)34-29-2)28(33)30-25(19-35-23-11-4-3-5-12-23)26(32)18-31-16-15-21-9-6-7-10-22(21)17-31/h3-5,8,11-14,21-22,25-26,29,32H,6-7,9-10,15-19H2,1-2H3,(H,30,33). The van der Waals surface area contributed by atoms with Crippen LogP contribution in [0.2, 0.25) is 0 Å². The number of aliphatic hydroxyl groups is 1. The smallest absolute Gasteiger partial charge is 0.252 e. The van der Waals surface area contributed by atoms with E-state index in [-0.39, 0.29) is 11.9 Å². The number of thioether (sulfide) groups is 1. The Labute approximate surface area is 213 Å². The topological polar surface area (TPSA) is 73.8 Å². The van der Waals surface area contributed by atoms with Gasteiger partial charge in [0.05, 0.1) is 12.1 Å². The third kappa shape index (κ3) is 7.00. The van der Waals surface area contributed by atoms with Crippen molar-refractivity contribution in [1.82, 2.24) is 15.7 Å². The van der Waals surface area contributed by atoms with Crippen LogP contribution in [0.5, 0.6) is 5.75 Å². The summed E-state index contributed by atoms with van der Waals surface area (Å²) in [6.45, 7) is 4.56. The zero-order chi connectivity index (χ0) is 24.6. The van der Waals surface area contributed by atoms with E-state index >= 15 is 0 Å². The molecule has 4 rings (SSSR count). The number of nitrogens with one attached hydrogen (secondary N) is 2. The minimum atomic E-state index is -0.646. The lowest BCUT2D eigenvalue weighted by atomic mass is 9.75. The van der Waals surface area contributed by atoms with Crippen molar-refractivity contribution in [2.24, 2.45) is 11.8 Å². The van der Waals surface area contributed by atoms with Crippen molar-refractivity contribution in [2.45, 2.75) is 56.1 Å². The van der Waals surface area contributed by atoms with E-state index in [1.54, 1.807) is 24.9 Å². The van der Waals surface area contributed by atoms with E-state index in [9.17, 15) is 9.90 Å². The summed E-state index contributed by atoms with van der Waals surface area (Å²) in [5, 5.41) is 14.5. The van der Waals surface area contributed by atoms with Crippen LogP contribution in [0.25, 0.3) is 0 Å². The maximum absolute atomic E-state index is 13.3. The fraction of sp³-hybridized carbons (Fsp3) is 0.536. The molecule has 1 aliphatic carbocycles. The van der Waals surface area contributed by atoms with E-state index < -0.39 is 6.10 Å². The number of hydrogen-bond acceptors (Lipinski definition) is 6. The van der Waals surface area contributed by atoms with Crippen LogP contribution in [0, 0.1) is 18.8 Å². The highest BCUT2D eigenvalue weighted by atomic mass is 32.2. The molecule has 6 nitrogen and oxygen atoms in total. The Morgan fingerprint density at radius 2 is 1.89 bits per heavy atom. The number of carbonyl (C=O) groups is 1. The number of piperidine rings is 1. The predicted octanol–water partition coefficient (Wildman–Crippen LogP) is 4.27. The van der Waals surface area contributed by atoms with Gasteiger partial charge >= 0.3 is 0 Å². The zero-order valence-corrected chi connectivity index (χ0v) is 21.7. The van der Waals surface area contributed by atoms with Crippen LogP contribution in [0.4, 0.5) is 0 Å². The molecular weight excluding hydrogens is 458 g/mol. The minimum absolute atomic E-state index is 0.187. The Bertz CT molecular complexity index is 958. The molecule has 35 heavy (non-hydrogen) atoms. The zero-order valence-electron chi connectivity index (χ0n) is 20.9. The number of likely N-dealkylation sites (tertiary alicyclic amines) is 1. The highest BCUT2D eigenvalue weighted by Gasteiger charge is 2.33. The fourth-order valence-electron chi connectivity index (χ4n) is 5.51. The van der Waals surface area contributed by atoms with E-state index in [4.69, 9.17) is 4.84 Å². The second-order valence-electron chi connectivity index (χ2n) is 9.86. The molecule has 1 amide bonds. The largest absolute Gasteiger partial charge is 0.409 e. The minimum Gasteiger partial charge on any atom is -0.409 e. The normalized spacial score (nSPS) is 22.1. The van der Waals surface area contributed by atoms with Crippen LogP contribution in [-0.4, -0.2) is 60.5 Å². The molecular formula is C28H39N3O3S. The van der Waals surface area contributed by atoms with Gasteiger partial charge in [-0.15, -0.1) is 11.8 Å². The highest BCUT2D eigenvalue weighted by molar-refractivity contribution is 7.99. The van der Waals surface area contributed by atoms with Gasteiger partial charge in [0.15, 0.2) is 5.75 Å². The Morgan fingerprint density at radius 3 is 2.66 bits per heavy atom. The molecule has 0 spiro atoms. The molecule has 4 unspecified atom stereocenters. The SMILES string of the molecule is CNOc1cccc(C(=O)NC(CSc2ccccc2)C(O)CN2CCC3CCCCC3C2)c1C. The number of hydrogen-bond donors (Lipinski definition) is 3. The summed E-state index contributed by atoms with van der Waals surface area (Å²) in [4.78, 5) is 22.3. The molecule has 2 aliphatic rings. The summed E-state index contributed by atoms with van der Waals surface area (Å²) in [5.41, 5.74) is 4.00. The summed E-state index contributed by atoms with van der Waals surface area (Å²) >= 11 is 1.66. The molecule has 7 heteroatoms. The van der Waals surface area contributed by atoms with Crippen LogP contribution >= 0.6 is 11.8 Å². The summed E-state index contributed by atoms with van der Waals surface area (Å²) in [7, 11) is 1.69. The summed E-state index contributed by atoms with van der Waals surface area (Å²) in [5.74, 6) is 2.65. The van der Waals surface area contributed by atoms with Crippen molar-refractivity contribution in [3.05, 3.63) is 59.7 Å². The molecule has 2 aromatic rings. The van der Waals surface area contributed by atoms with Crippen LogP contribution in [0.15, 0.2) is 53.4 Å². The first-order chi connectivity index (χ1) is 17.0. The Hall–Kier alpha value is -2.06. The van der Waals surface area contributed by atoms with Crippen LogP contribution in [0.3, 0.4) is 0 Å². The molecule has 2 fully saturated rings. The van der Waals surface area contributed by atoms with Gasteiger partial charge in [-0.25, -0.2) is 0 Å². The summed E-state index contributed by atoms with van der Waals surface area (Å²) in [6, 6.07) is 15.2. The molecule has 0 bridgehead atoms. The highest BCUT2D eigenvalue weighted by Crippen LogP contribution is 2.36. The van der Waals surface area contributed by atoms with Crippen molar-refractivity contribution in [2.75, 3.05) is 32.4 Å². The van der Waals surface area contributed by atoms with E-state index in [2.05, 4.69) is 27.8 Å². The van der Waals surface area contributed by atoms with Crippen LogP contribution in [-0.2, 0) is 0 Å². The number of aliphatic hydroxyl groups excluding tert-OH is 1. The molecule has 1 saturated carbocycles. The van der Waals surface area contributed by atoms with Gasteiger partial charge in [0.1, 0.15) is 0 Å². The van der Waals surface area contributed by atoms with Gasteiger partial charge in [-0.1, -0.05) is 43.5 Å². The van der Waals surface area contributed by atoms with E-state index in [0.29, 0.717) is 23.6 Å². The average molecular weight is 498 g/mol. The molecule has 0 radical (unpaired) electrons. The van der Waals surface area contributed by atoms with Crippen molar-refractivity contribution in [1.29, 1.82) is 0 Å². The number of hydroxylamine groups is 1. The monoisotopic (exact) mass is 497 g/mol. The van der Waals surface area contributed by atoms with E-state index in [0.717, 1.165) is 35.4 Å². The van der Waals surface area contributed by atoms with Crippen molar-refractivity contribution >= 4 is 17.7 Å². The van der Waals surface area contributed by atoms with Crippen molar-refractivity contribution < 1.29 is 14.7 Å². The lowest BCUT2D eigenvalue weighted by Gasteiger charge is -2.42. The summed E-state index contributed by atoms with van der Waals surface area (Å²) in [6.07, 6.45) is 5.96. The second kappa shape index (κ2) is 12.8. The van der Waals surface area contributed by atoms with Crippen LogP contribution < -0.4 is 15.6 Å². The van der Waals surface area contributed by atoms with Crippen molar-refractivity contribution in [3.8, 4) is 5.75 Å². The molecule has 4 atom stereocenters. The third-order valence-electron chi connectivity index (χ3n) is 7.52. The van der Waals surface area contributed by atoms with Gasteiger partial charge in [0.25, 0.3) is 5.91 Å². The molecule has 1 heterocycles. The molecule has 3 N–H and O–H groups in total. The maximum atomic E-state index is 13.3. The van der Waals surface area contributed by atoms with Gasteiger partial charge in [-0.05, 0) is 62.4 Å². The van der Waals surface area contributed by atoms with Gasteiger partial charge in [0, 0.05) is 41.9 Å². The maximum Gasteiger partial charge on any atom is 0.252 e. The lowest BCUT2D eigenvalue weighted by Crippen LogP contribution is -2.52. The Balaban J connectivity index is 1.44. The quantitative estimate of drug-likeness (QED) is 0.336. The number of benzene rings is 2. The number of amides is 1. The number of rotatable bonds is 10. The fourth-order valence-corrected chi connectivity index (χ4v) is 6.54. The first-order valence-corrected chi connectivity index (χ1v) is 13.9. The second-order valence-corrected chi connectivity index (χ2v) is 11.0. The molecule has 2 aromatic carbocycles. The first-order valence-electron chi connectivity index (χ1n) is 12.9. The number of fused-ring (bicyclic) bond motifs is 1. The number of β-amino-alcohol motifs (C(OH)–C–C–N with tert-alkyl or cyclic N) is 1. The van der Waals surface area contributed by atoms with Crippen molar-refractivity contribution in [3.63, 3.8) is 0 Å².